The Hall–Kier alpha value is -2.37. The van der Waals surface area contributed by atoms with Crippen LogP contribution < -0.4 is 5.32 Å². The normalized spacial score (nSPS) is 9.58. The van der Waals surface area contributed by atoms with Crippen molar-refractivity contribution in [2.75, 3.05) is 20.3 Å². The summed E-state index contributed by atoms with van der Waals surface area (Å²) in [5, 5.41) is 2.26. The third kappa shape index (κ3) is 5.20. The van der Waals surface area contributed by atoms with E-state index in [0.717, 1.165) is 5.56 Å². The molecule has 0 heterocycles. The third-order valence-electron chi connectivity index (χ3n) is 2.25. The Kier molecular flexibility index (Phi) is 5.53. The summed E-state index contributed by atoms with van der Waals surface area (Å²) in [6, 6.07) is 6.83. The molecule has 0 aliphatic rings. The van der Waals surface area contributed by atoms with Crippen LogP contribution in [0.5, 0.6) is 0 Å². The molecule has 0 atom stereocenters. The number of rotatable bonds is 5. The molecular weight excluding hydrogens is 250 g/mol. The van der Waals surface area contributed by atoms with E-state index in [0.29, 0.717) is 5.56 Å². The molecular formula is C13H15NO5. The number of hydrogen-bond donors (Lipinski definition) is 1. The Bertz CT molecular complexity index is 484. The van der Waals surface area contributed by atoms with Crippen LogP contribution in [-0.2, 0) is 19.1 Å². The first-order chi connectivity index (χ1) is 9.02. The number of carbonyl (C=O) groups is 3. The molecule has 1 aromatic carbocycles. The highest BCUT2D eigenvalue weighted by Crippen LogP contribution is 2.05. The van der Waals surface area contributed by atoms with Gasteiger partial charge in [-0.25, -0.2) is 4.79 Å². The lowest BCUT2D eigenvalue weighted by Crippen LogP contribution is -2.33. The summed E-state index contributed by atoms with van der Waals surface area (Å²) in [4.78, 5) is 33.6. The number of nitrogens with one attached hydrogen (secondary N) is 1. The number of esters is 2. The molecule has 102 valence electrons. The Morgan fingerprint density at radius 2 is 2.00 bits per heavy atom. The molecule has 0 saturated heterocycles. The number of hydrogen-bond acceptors (Lipinski definition) is 5. The molecule has 6 nitrogen and oxygen atoms in total. The molecule has 0 bridgehead atoms. The molecule has 19 heavy (non-hydrogen) atoms. The van der Waals surface area contributed by atoms with Crippen molar-refractivity contribution in [2.24, 2.45) is 0 Å². The van der Waals surface area contributed by atoms with Crippen molar-refractivity contribution >= 4 is 17.8 Å². The van der Waals surface area contributed by atoms with Gasteiger partial charge in [-0.1, -0.05) is 17.7 Å². The minimum Gasteiger partial charge on any atom is -0.468 e. The number of benzene rings is 1. The van der Waals surface area contributed by atoms with E-state index in [4.69, 9.17) is 4.74 Å². The fraction of sp³-hybridized carbons (Fsp3) is 0.308. The second-order valence-electron chi connectivity index (χ2n) is 3.80. The van der Waals surface area contributed by atoms with Crippen LogP contribution in [0.25, 0.3) is 0 Å². The second-order valence-corrected chi connectivity index (χ2v) is 3.80. The molecule has 0 saturated carbocycles. The Morgan fingerprint density at radius 3 is 2.63 bits per heavy atom. The largest absolute Gasteiger partial charge is 0.468 e. The van der Waals surface area contributed by atoms with Crippen molar-refractivity contribution in [2.45, 2.75) is 6.92 Å². The monoisotopic (exact) mass is 265 g/mol. The van der Waals surface area contributed by atoms with Crippen LogP contribution in [0.4, 0.5) is 0 Å². The highest BCUT2D eigenvalue weighted by molar-refractivity contribution is 5.91. The summed E-state index contributed by atoms with van der Waals surface area (Å²) in [5.74, 6) is -1.72. The third-order valence-corrected chi connectivity index (χ3v) is 2.25. The van der Waals surface area contributed by atoms with Gasteiger partial charge in [-0.05, 0) is 19.1 Å². The summed E-state index contributed by atoms with van der Waals surface area (Å²) in [6.45, 7) is 1.15. The Morgan fingerprint density at radius 1 is 1.26 bits per heavy atom. The summed E-state index contributed by atoms with van der Waals surface area (Å²) in [5.41, 5.74) is 1.30. The van der Waals surface area contributed by atoms with E-state index in [-0.39, 0.29) is 6.54 Å². The van der Waals surface area contributed by atoms with Crippen molar-refractivity contribution in [1.82, 2.24) is 5.32 Å². The van der Waals surface area contributed by atoms with Crippen molar-refractivity contribution in [3.05, 3.63) is 35.4 Å². The van der Waals surface area contributed by atoms with Gasteiger partial charge in [0.15, 0.2) is 6.61 Å². The van der Waals surface area contributed by atoms with Crippen LogP contribution in [0.15, 0.2) is 24.3 Å². The first-order valence-corrected chi connectivity index (χ1v) is 5.60. The number of ether oxygens (including phenoxy) is 2. The van der Waals surface area contributed by atoms with Crippen molar-refractivity contribution < 1.29 is 23.9 Å². The minimum atomic E-state index is -0.586. The predicted octanol–water partition coefficient (Wildman–Crippen LogP) is 0.441. The molecule has 6 heteroatoms. The molecule has 0 aliphatic carbocycles. The maximum atomic E-state index is 11.6. The van der Waals surface area contributed by atoms with Gasteiger partial charge < -0.3 is 14.8 Å². The Labute approximate surface area is 110 Å². The lowest BCUT2D eigenvalue weighted by molar-refractivity contribution is -0.141. The average Bonchev–Trinajstić information content (AvgIpc) is 2.41. The molecule has 1 aromatic rings. The second kappa shape index (κ2) is 7.15. The maximum absolute atomic E-state index is 11.6. The zero-order chi connectivity index (χ0) is 14.3. The fourth-order valence-corrected chi connectivity index (χ4v) is 1.28. The molecule has 1 rings (SSSR count). The summed E-state index contributed by atoms with van der Waals surface area (Å²) >= 11 is 0. The topological polar surface area (TPSA) is 81.7 Å². The van der Waals surface area contributed by atoms with Gasteiger partial charge in [0.25, 0.3) is 5.91 Å². The zero-order valence-electron chi connectivity index (χ0n) is 10.8. The molecule has 0 aliphatic heterocycles. The molecule has 0 radical (unpaired) electrons. The van der Waals surface area contributed by atoms with Crippen LogP contribution in [0.1, 0.15) is 15.9 Å². The number of methoxy groups -OCH3 is 1. The van der Waals surface area contributed by atoms with Crippen molar-refractivity contribution in [1.29, 1.82) is 0 Å². The summed E-state index contributed by atoms with van der Waals surface area (Å²) < 4.78 is 9.15. The Balaban J connectivity index is 2.38. The minimum absolute atomic E-state index is 0.253. The fourth-order valence-electron chi connectivity index (χ4n) is 1.28. The van der Waals surface area contributed by atoms with Gasteiger partial charge >= 0.3 is 11.9 Å². The van der Waals surface area contributed by atoms with E-state index >= 15 is 0 Å². The average molecular weight is 265 g/mol. The van der Waals surface area contributed by atoms with Crippen LogP contribution >= 0.6 is 0 Å². The highest BCUT2D eigenvalue weighted by Gasteiger charge is 2.11. The van der Waals surface area contributed by atoms with Crippen molar-refractivity contribution in [3.63, 3.8) is 0 Å². The number of carbonyl (C=O) groups excluding carboxylic acids is 3. The van der Waals surface area contributed by atoms with Crippen LogP contribution in [-0.4, -0.2) is 38.1 Å². The van der Waals surface area contributed by atoms with Crippen LogP contribution in [0, 0.1) is 6.92 Å². The molecule has 1 amide bonds. The molecule has 0 fully saturated rings. The van der Waals surface area contributed by atoms with Gasteiger partial charge in [-0.2, -0.15) is 0 Å². The van der Waals surface area contributed by atoms with E-state index in [1.807, 2.05) is 13.0 Å². The van der Waals surface area contributed by atoms with E-state index in [9.17, 15) is 14.4 Å². The predicted molar refractivity (Wildman–Crippen MR) is 66.5 cm³/mol. The van der Waals surface area contributed by atoms with Gasteiger partial charge in [0, 0.05) is 0 Å². The quantitative estimate of drug-likeness (QED) is 0.781. The highest BCUT2D eigenvalue weighted by atomic mass is 16.5. The first-order valence-electron chi connectivity index (χ1n) is 5.60. The lowest BCUT2D eigenvalue weighted by Gasteiger charge is -2.06. The van der Waals surface area contributed by atoms with E-state index in [1.54, 1.807) is 18.2 Å². The SMILES string of the molecule is COC(=O)CNC(=O)COC(=O)c1cccc(C)c1. The van der Waals surface area contributed by atoms with Gasteiger partial charge in [0.2, 0.25) is 0 Å². The van der Waals surface area contributed by atoms with Gasteiger partial charge in [0.05, 0.1) is 12.7 Å². The summed E-state index contributed by atoms with van der Waals surface area (Å²) in [7, 11) is 1.21. The molecule has 0 unspecified atom stereocenters. The van der Waals surface area contributed by atoms with Gasteiger partial charge in [-0.3, -0.25) is 9.59 Å². The maximum Gasteiger partial charge on any atom is 0.338 e. The van der Waals surface area contributed by atoms with Crippen molar-refractivity contribution in [3.8, 4) is 0 Å². The van der Waals surface area contributed by atoms with E-state index in [2.05, 4.69) is 10.1 Å². The smallest absolute Gasteiger partial charge is 0.338 e. The van der Waals surface area contributed by atoms with E-state index in [1.165, 1.54) is 7.11 Å². The lowest BCUT2D eigenvalue weighted by atomic mass is 10.1. The number of aryl methyl sites for hydroxylation is 1. The van der Waals surface area contributed by atoms with Crippen LogP contribution in [0.3, 0.4) is 0 Å². The van der Waals surface area contributed by atoms with E-state index < -0.39 is 24.5 Å². The van der Waals surface area contributed by atoms with Gasteiger partial charge in [-0.15, -0.1) is 0 Å². The molecule has 0 aromatic heterocycles. The molecule has 0 spiro atoms. The molecule has 1 N–H and O–H groups in total. The summed E-state index contributed by atoms with van der Waals surface area (Å²) in [6.07, 6.45) is 0. The number of amides is 1. The van der Waals surface area contributed by atoms with Crippen LogP contribution in [0.2, 0.25) is 0 Å². The standard InChI is InChI=1S/C13H15NO5/c1-9-4-3-5-10(6-9)13(17)19-8-11(15)14-7-12(16)18-2/h3-6H,7-8H2,1-2H3,(H,14,15). The first kappa shape index (κ1) is 14.7. The van der Waals surface area contributed by atoms with Gasteiger partial charge in [0.1, 0.15) is 6.54 Å². The zero-order valence-corrected chi connectivity index (χ0v) is 10.8.